The van der Waals surface area contributed by atoms with Crippen LogP contribution in [0, 0.1) is 11.3 Å². The van der Waals surface area contributed by atoms with Gasteiger partial charge in [-0.15, -0.1) is 0 Å². The molecule has 0 spiro atoms. The number of nitrogens with zero attached hydrogens (tertiary/aromatic N) is 5. The lowest BCUT2D eigenvalue weighted by Gasteiger charge is -2.26. The number of nitriles is 1. The number of imidazole rings is 1. The summed E-state index contributed by atoms with van der Waals surface area (Å²) in [6.07, 6.45) is 6.88. The lowest BCUT2D eigenvalue weighted by atomic mass is 10.1. The van der Waals surface area contributed by atoms with Crippen LogP contribution in [0.3, 0.4) is 0 Å². The number of pyridine rings is 1. The van der Waals surface area contributed by atoms with Crippen LogP contribution in [-0.4, -0.2) is 69.8 Å². The molecule has 1 amide bonds. The number of carbonyl (C=O) groups excluding carboxylic acids is 1. The first-order valence-corrected chi connectivity index (χ1v) is 11.7. The molecule has 1 N–H and O–H groups in total. The van der Waals surface area contributed by atoms with E-state index in [0.717, 1.165) is 34.9 Å². The molecule has 0 aliphatic carbocycles. The number of ether oxygens (including phenoxy) is 2. The molecule has 2 saturated heterocycles. The Morgan fingerprint density at radius 1 is 1.14 bits per heavy atom. The third kappa shape index (κ3) is 3.88. The van der Waals surface area contributed by atoms with Crippen molar-refractivity contribution in [2.75, 3.05) is 39.5 Å². The van der Waals surface area contributed by atoms with Gasteiger partial charge in [0.2, 0.25) is 0 Å². The van der Waals surface area contributed by atoms with Gasteiger partial charge >= 0.3 is 0 Å². The Morgan fingerprint density at radius 3 is 2.74 bits per heavy atom. The Balaban J connectivity index is 1.41. The molecule has 0 unspecified atom stereocenters. The van der Waals surface area contributed by atoms with Gasteiger partial charge in [-0.25, -0.2) is 9.97 Å². The normalized spacial score (nSPS) is 17.8. The summed E-state index contributed by atoms with van der Waals surface area (Å²) < 4.78 is 19.3. The summed E-state index contributed by atoms with van der Waals surface area (Å²) in [5.74, 6) is 1.37. The lowest BCUT2D eigenvalue weighted by Crippen LogP contribution is -2.41. The zero-order valence-corrected chi connectivity index (χ0v) is 19.1. The number of morpholine rings is 1. The maximum Gasteiger partial charge on any atom is 0.264 e. The van der Waals surface area contributed by atoms with Crippen molar-refractivity contribution in [2.45, 2.75) is 18.9 Å². The molecule has 6 heterocycles. The van der Waals surface area contributed by atoms with E-state index < -0.39 is 0 Å². The number of aromatic nitrogens is 4. The quantitative estimate of drug-likeness (QED) is 0.357. The zero-order valence-electron chi connectivity index (χ0n) is 19.1. The van der Waals surface area contributed by atoms with Gasteiger partial charge in [0.15, 0.2) is 11.6 Å². The molecule has 0 aromatic carbocycles. The monoisotopic (exact) mass is 472 g/mol. The second kappa shape index (κ2) is 9.02. The Bertz CT molecular complexity index is 1460. The average molecular weight is 473 g/mol. The van der Waals surface area contributed by atoms with E-state index in [4.69, 9.17) is 18.9 Å². The van der Waals surface area contributed by atoms with Crippen molar-refractivity contribution in [3.8, 4) is 17.7 Å². The summed E-state index contributed by atoms with van der Waals surface area (Å²) in [5, 5.41) is 10.6. The van der Waals surface area contributed by atoms with Crippen molar-refractivity contribution in [3.63, 3.8) is 0 Å². The van der Waals surface area contributed by atoms with Crippen molar-refractivity contribution in [2.24, 2.45) is 0 Å². The Morgan fingerprint density at radius 2 is 1.94 bits per heavy atom. The van der Waals surface area contributed by atoms with E-state index in [1.807, 2.05) is 24.4 Å². The highest BCUT2D eigenvalue weighted by molar-refractivity contribution is 6.03. The van der Waals surface area contributed by atoms with Crippen molar-refractivity contribution < 1.29 is 18.7 Å². The van der Waals surface area contributed by atoms with Gasteiger partial charge in [0.1, 0.15) is 28.6 Å². The first kappa shape index (κ1) is 21.6. The van der Waals surface area contributed by atoms with E-state index in [1.165, 1.54) is 6.08 Å². The summed E-state index contributed by atoms with van der Waals surface area (Å²) in [4.78, 5) is 27.0. The van der Waals surface area contributed by atoms with E-state index in [0.29, 0.717) is 56.9 Å². The van der Waals surface area contributed by atoms with Gasteiger partial charge in [-0.05, 0) is 31.0 Å². The number of rotatable bonds is 4. The fraction of sp³-hybridized carbons (Fsp3) is 0.360. The standard InChI is InChI=1S/C25H24N6O4/c26-14-16(25(32)30-7-11-34-12-8-30)13-18-1-2-21(35-18)24-29-20-15-28-23-19(3-6-27-23)22(20)31(24)17-4-9-33-10-5-17/h1-3,6,13,15,17H,4-5,7-12H2,(H,27,28)/b16-13+. The SMILES string of the molecule is N#C/C(=C\c1ccc(-c2nc3cnc4[nH]ccc4c3n2C2CCOCC2)o1)C(=O)N1CCOCC1. The molecule has 0 bridgehead atoms. The number of hydrogen-bond donors (Lipinski definition) is 1. The third-order valence-electron chi connectivity index (χ3n) is 6.57. The van der Waals surface area contributed by atoms with Crippen LogP contribution in [0.2, 0.25) is 0 Å². The summed E-state index contributed by atoms with van der Waals surface area (Å²) in [6, 6.07) is 7.83. The molecular formula is C25H24N6O4. The maximum atomic E-state index is 12.8. The van der Waals surface area contributed by atoms with Crippen LogP contribution in [0.15, 0.2) is 40.6 Å². The number of H-pyrrole nitrogens is 1. The number of carbonyl (C=O) groups is 1. The van der Waals surface area contributed by atoms with Gasteiger partial charge in [-0.1, -0.05) is 0 Å². The Kier molecular flexibility index (Phi) is 5.56. The molecule has 0 saturated carbocycles. The molecule has 2 fully saturated rings. The fourth-order valence-corrected chi connectivity index (χ4v) is 4.84. The van der Waals surface area contributed by atoms with Crippen LogP contribution in [0.25, 0.3) is 39.7 Å². The number of fused-ring (bicyclic) bond motifs is 3. The highest BCUT2D eigenvalue weighted by Crippen LogP contribution is 2.36. The minimum atomic E-state index is -0.316. The number of hydrogen-bond acceptors (Lipinski definition) is 7. The third-order valence-corrected chi connectivity index (χ3v) is 6.57. The topological polar surface area (TPSA) is 122 Å². The average Bonchev–Trinajstić information content (AvgIpc) is 3.65. The smallest absolute Gasteiger partial charge is 0.264 e. The van der Waals surface area contributed by atoms with Gasteiger partial charge in [-0.3, -0.25) is 4.79 Å². The molecule has 4 aromatic heterocycles. The Labute approximate surface area is 200 Å². The van der Waals surface area contributed by atoms with Gasteiger partial charge in [-0.2, -0.15) is 5.26 Å². The highest BCUT2D eigenvalue weighted by Gasteiger charge is 2.26. The first-order valence-electron chi connectivity index (χ1n) is 11.7. The van der Waals surface area contributed by atoms with Crippen molar-refractivity contribution >= 4 is 34.1 Å². The number of aromatic amines is 1. The number of amides is 1. The van der Waals surface area contributed by atoms with Crippen LogP contribution in [0.4, 0.5) is 0 Å². The molecule has 178 valence electrons. The van der Waals surface area contributed by atoms with Gasteiger partial charge < -0.3 is 28.3 Å². The van der Waals surface area contributed by atoms with Crippen LogP contribution in [0.1, 0.15) is 24.6 Å². The van der Waals surface area contributed by atoms with Gasteiger partial charge in [0.25, 0.3) is 5.91 Å². The van der Waals surface area contributed by atoms with Crippen LogP contribution in [-0.2, 0) is 14.3 Å². The summed E-state index contributed by atoms with van der Waals surface area (Å²) >= 11 is 0. The van der Waals surface area contributed by atoms with Crippen LogP contribution in [0.5, 0.6) is 0 Å². The lowest BCUT2D eigenvalue weighted by molar-refractivity contribution is -0.130. The van der Waals surface area contributed by atoms with E-state index in [9.17, 15) is 10.1 Å². The van der Waals surface area contributed by atoms with Crippen molar-refractivity contribution in [1.29, 1.82) is 5.26 Å². The number of furan rings is 1. The minimum Gasteiger partial charge on any atom is -0.453 e. The predicted molar refractivity (Wildman–Crippen MR) is 127 cm³/mol. The molecule has 0 atom stereocenters. The largest absolute Gasteiger partial charge is 0.453 e. The summed E-state index contributed by atoms with van der Waals surface area (Å²) in [7, 11) is 0. The van der Waals surface area contributed by atoms with Crippen LogP contribution >= 0.6 is 0 Å². The summed E-state index contributed by atoms with van der Waals surface area (Å²) in [5.41, 5.74) is 2.63. The van der Waals surface area contributed by atoms with E-state index in [2.05, 4.69) is 14.5 Å². The summed E-state index contributed by atoms with van der Waals surface area (Å²) in [6.45, 7) is 3.26. The van der Waals surface area contributed by atoms with E-state index in [-0.39, 0.29) is 17.5 Å². The Hall–Kier alpha value is -3.94. The first-order chi connectivity index (χ1) is 17.2. The zero-order chi connectivity index (χ0) is 23.8. The van der Waals surface area contributed by atoms with Gasteiger partial charge in [0, 0.05) is 50.0 Å². The van der Waals surface area contributed by atoms with Gasteiger partial charge in [0.05, 0.1) is 24.9 Å². The molecule has 6 rings (SSSR count). The molecule has 35 heavy (non-hydrogen) atoms. The van der Waals surface area contributed by atoms with Crippen molar-refractivity contribution in [1.82, 2.24) is 24.4 Å². The molecule has 10 nitrogen and oxygen atoms in total. The second-order valence-corrected chi connectivity index (χ2v) is 8.66. The molecule has 4 aromatic rings. The molecule has 10 heteroatoms. The maximum absolute atomic E-state index is 12.8. The van der Waals surface area contributed by atoms with Crippen molar-refractivity contribution in [3.05, 3.63) is 41.9 Å². The van der Waals surface area contributed by atoms with Crippen LogP contribution < -0.4 is 0 Å². The molecule has 2 aliphatic rings. The molecular weight excluding hydrogens is 448 g/mol. The minimum absolute atomic E-state index is 0.0314. The second-order valence-electron chi connectivity index (χ2n) is 8.66. The molecule has 2 aliphatic heterocycles. The fourth-order valence-electron chi connectivity index (χ4n) is 4.84. The highest BCUT2D eigenvalue weighted by atomic mass is 16.5. The molecule has 0 radical (unpaired) electrons. The van der Waals surface area contributed by atoms with E-state index in [1.54, 1.807) is 17.2 Å². The van der Waals surface area contributed by atoms with E-state index >= 15 is 0 Å². The predicted octanol–water partition coefficient (Wildman–Crippen LogP) is 3.29. The number of nitrogens with one attached hydrogen (secondary N) is 1.